The van der Waals surface area contributed by atoms with Gasteiger partial charge in [-0.25, -0.2) is 0 Å². The van der Waals surface area contributed by atoms with Gasteiger partial charge in [0, 0.05) is 36.1 Å². The fourth-order valence-electron chi connectivity index (χ4n) is 3.66. The van der Waals surface area contributed by atoms with Crippen LogP contribution in [0.5, 0.6) is 0 Å². The van der Waals surface area contributed by atoms with E-state index in [-0.39, 0.29) is 23.7 Å². The van der Waals surface area contributed by atoms with Crippen LogP contribution in [-0.4, -0.2) is 23.3 Å². The molecule has 0 bridgehead atoms. The first-order valence-electron chi connectivity index (χ1n) is 9.03. The van der Waals surface area contributed by atoms with Gasteiger partial charge in [0.1, 0.15) is 0 Å². The van der Waals surface area contributed by atoms with E-state index in [0.717, 1.165) is 36.2 Å². The van der Waals surface area contributed by atoms with E-state index in [2.05, 4.69) is 5.32 Å². The lowest BCUT2D eigenvalue weighted by molar-refractivity contribution is -0.128. The molecule has 2 atom stereocenters. The van der Waals surface area contributed by atoms with Crippen LogP contribution in [0, 0.1) is 5.92 Å². The van der Waals surface area contributed by atoms with E-state index in [1.54, 1.807) is 0 Å². The highest BCUT2D eigenvalue weighted by molar-refractivity contribution is 6.30. The molecule has 1 saturated heterocycles. The van der Waals surface area contributed by atoms with Crippen LogP contribution < -0.4 is 5.32 Å². The molecule has 1 aliphatic heterocycles. The van der Waals surface area contributed by atoms with Crippen LogP contribution in [0.2, 0.25) is 5.02 Å². The quantitative estimate of drug-likeness (QED) is 0.859. The molecule has 1 saturated carbocycles. The molecule has 134 valence electrons. The fourth-order valence-corrected chi connectivity index (χ4v) is 3.86. The van der Waals surface area contributed by atoms with Gasteiger partial charge in [0.2, 0.25) is 11.8 Å². The van der Waals surface area contributed by atoms with E-state index < -0.39 is 0 Å². The molecule has 1 N–H and O–H groups in total. The van der Waals surface area contributed by atoms with Crippen molar-refractivity contribution in [2.45, 2.75) is 31.7 Å². The second-order valence-corrected chi connectivity index (χ2v) is 7.55. The number of nitrogens with zero attached hydrogens (tertiary/aromatic N) is 1. The first kappa shape index (κ1) is 17.1. The maximum atomic E-state index is 12.5. The Morgan fingerprint density at radius 1 is 1.19 bits per heavy atom. The molecule has 2 fully saturated rings. The zero-order valence-electron chi connectivity index (χ0n) is 14.5. The molecule has 2 aliphatic rings. The number of carbonyl (C=O) groups excluding carboxylic acids is 2. The number of rotatable bonds is 5. The van der Waals surface area contributed by atoms with Crippen LogP contribution >= 0.6 is 11.6 Å². The average molecular weight is 369 g/mol. The Bertz CT molecular complexity index is 851. The molecule has 1 heterocycles. The van der Waals surface area contributed by atoms with Crippen molar-refractivity contribution in [2.24, 2.45) is 5.92 Å². The minimum Gasteiger partial charge on any atom is -0.338 e. The molecule has 0 unspecified atom stereocenters. The molecule has 2 aromatic rings. The number of hydrogen-bond donors (Lipinski definition) is 1. The van der Waals surface area contributed by atoms with Crippen molar-refractivity contribution in [3.8, 4) is 0 Å². The summed E-state index contributed by atoms with van der Waals surface area (Å²) in [4.78, 5) is 26.2. The van der Waals surface area contributed by atoms with Crippen molar-refractivity contribution >= 4 is 29.1 Å². The zero-order valence-corrected chi connectivity index (χ0v) is 15.2. The summed E-state index contributed by atoms with van der Waals surface area (Å²) in [6, 6.07) is 15.5. The smallest absolute Gasteiger partial charge is 0.228 e. The van der Waals surface area contributed by atoms with Gasteiger partial charge in [-0.3, -0.25) is 9.59 Å². The lowest BCUT2D eigenvalue weighted by Crippen LogP contribution is -2.23. The number of benzene rings is 2. The topological polar surface area (TPSA) is 49.4 Å². The number of hydrogen-bond acceptors (Lipinski definition) is 2. The van der Waals surface area contributed by atoms with Crippen molar-refractivity contribution in [1.29, 1.82) is 0 Å². The van der Waals surface area contributed by atoms with Gasteiger partial charge >= 0.3 is 0 Å². The van der Waals surface area contributed by atoms with E-state index >= 15 is 0 Å². The van der Waals surface area contributed by atoms with Crippen LogP contribution in [0.3, 0.4) is 0 Å². The van der Waals surface area contributed by atoms with Crippen LogP contribution in [0.25, 0.3) is 0 Å². The van der Waals surface area contributed by atoms with Gasteiger partial charge in [-0.2, -0.15) is 0 Å². The van der Waals surface area contributed by atoms with Gasteiger partial charge in [0.25, 0.3) is 0 Å². The molecular weight excluding hydrogens is 348 g/mol. The molecule has 4 nitrogen and oxygen atoms in total. The first-order chi connectivity index (χ1) is 12.6. The van der Waals surface area contributed by atoms with Gasteiger partial charge < -0.3 is 10.2 Å². The third kappa shape index (κ3) is 3.75. The standard InChI is InChI=1S/C21H21ClN2O2/c22-16-6-2-5-15(11-16)18-12-19(18)21(26)23-17-7-1-4-14(10-17)13-24-9-3-8-20(24)25/h1-2,4-7,10-11,18-19H,3,8-9,12-13H2,(H,23,26)/t18-,19+/m0/s1. The molecule has 0 radical (unpaired) electrons. The molecule has 4 rings (SSSR count). The predicted octanol–water partition coefficient (Wildman–Crippen LogP) is 4.20. The summed E-state index contributed by atoms with van der Waals surface area (Å²) in [5.74, 6) is 0.502. The average Bonchev–Trinajstić information content (AvgIpc) is 3.33. The van der Waals surface area contributed by atoms with Crippen molar-refractivity contribution < 1.29 is 9.59 Å². The summed E-state index contributed by atoms with van der Waals surface area (Å²) in [5, 5.41) is 3.73. The minimum absolute atomic E-state index is 0.00252. The molecule has 0 spiro atoms. The van der Waals surface area contributed by atoms with Gasteiger partial charge in [0.15, 0.2) is 0 Å². The summed E-state index contributed by atoms with van der Waals surface area (Å²) in [7, 11) is 0. The van der Waals surface area contributed by atoms with Gasteiger partial charge in [0.05, 0.1) is 0 Å². The molecular formula is C21H21ClN2O2. The summed E-state index contributed by atoms with van der Waals surface area (Å²) in [6.45, 7) is 1.43. The largest absolute Gasteiger partial charge is 0.338 e. The summed E-state index contributed by atoms with van der Waals surface area (Å²) < 4.78 is 0. The Morgan fingerprint density at radius 3 is 2.81 bits per heavy atom. The second kappa shape index (κ2) is 7.12. The number of likely N-dealkylation sites (tertiary alicyclic amines) is 1. The normalized spacial score (nSPS) is 21.7. The molecule has 26 heavy (non-hydrogen) atoms. The van der Waals surface area contributed by atoms with Crippen LogP contribution in [0.1, 0.15) is 36.3 Å². The summed E-state index contributed by atoms with van der Waals surface area (Å²) >= 11 is 6.04. The highest BCUT2D eigenvalue weighted by Gasteiger charge is 2.44. The summed E-state index contributed by atoms with van der Waals surface area (Å²) in [6.07, 6.45) is 2.43. The van der Waals surface area contributed by atoms with Crippen LogP contribution in [0.4, 0.5) is 5.69 Å². The van der Waals surface area contributed by atoms with Crippen LogP contribution in [-0.2, 0) is 16.1 Å². The van der Waals surface area contributed by atoms with Gasteiger partial charge in [-0.05, 0) is 54.2 Å². The second-order valence-electron chi connectivity index (χ2n) is 7.11. The molecule has 2 aromatic carbocycles. The molecule has 2 amide bonds. The molecule has 0 aromatic heterocycles. The number of carbonyl (C=O) groups is 2. The number of nitrogens with one attached hydrogen (secondary N) is 1. The van der Waals surface area contributed by atoms with Gasteiger partial charge in [-0.1, -0.05) is 35.9 Å². The Balaban J connectivity index is 1.38. The first-order valence-corrected chi connectivity index (χ1v) is 9.41. The third-order valence-corrected chi connectivity index (χ3v) is 5.38. The molecule has 5 heteroatoms. The van der Waals surface area contributed by atoms with Crippen molar-refractivity contribution in [3.63, 3.8) is 0 Å². The Labute approximate surface area is 158 Å². The van der Waals surface area contributed by atoms with Crippen LogP contribution in [0.15, 0.2) is 48.5 Å². The number of halogens is 1. The van der Waals surface area contributed by atoms with Gasteiger partial charge in [-0.15, -0.1) is 0 Å². The highest BCUT2D eigenvalue weighted by Crippen LogP contribution is 2.48. The van der Waals surface area contributed by atoms with E-state index in [1.807, 2.05) is 53.4 Å². The highest BCUT2D eigenvalue weighted by atomic mass is 35.5. The third-order valence-electron chi connectivity index (χ3n) is 5.14. The van der Waals surface area contributed by atoms with E-state index in [0.29, 0.717) is 18.0 Å². The Hall–Kier alpha value is -2.33. The number of amides is 2. The lowest BCUT2D eigenvalue weighted by atomic mass is 10.1. The van der Waals surface area contributed by atoms with Crippen molar-refractivity contribution in [2.75, 3.05) is 11.9 Å². The van der Waals surface area contributed by atoms with Crippen molar-refractivity contribution in [1.82, 2.24) is 4.90 Å². The molecule has 1 aliphatic carbocycles. The monoisotopic (exact) mass is 368 g/mol. The Kier molecular flexibility index (Phi) is 4.68. The maximum Gasteiger partial charge on any atom is 0.228 e. The van der Waals surface area contributed by atoms with Crippen molar-refractivity contribution in [3.05, 3.63) is 64.7 Å². The lowest BCUT2D eigenvalue weighted by Gasteiger charge is -2.16. The number of anilines is 1. The summed E-state index contributed by atoms with van der Waals surface area (Å²) in [5.41, 5.74) is 2.95. The predicted molar refractivity (Wildman–Crippen MR) is 102 cm³/mol. The van der Waals surface area contributed by atoms with E-state index in [9.17, 15) is 9.59 Å². The SMILES string of the molecule is O=C(Nc1cccc(CN2CCCC2=O)c1)[C@@H]1C[C@H]1c1cccc(Cl)c1. The maximum absolute atomic E-state index is 12.5. The Morgan fingerprint density at radius 2 is 2.04 bits per heavy atom. The van der Waals surface area contributed by atoms with E-state index in [1.165, 1.54) is 0 Å². The zero-order chi connectivity index (χ0) is 18.1. The fraction of sp³-hybridized carbons (Fsp3) is 0.333. The van der Waals surface area contributed by atoms with E-state index in [4.69, 9.17) is 11.6 Å². The minimum atomic E-state index is -0.00252.